The fraction of sp³-hybridized carbons (Fsp3) is 0.429. The van der Waals surface area contributed by atoms with Crippen molar-refractivity contribution in [2.24, 2.45) is 0 Å². The topological polar surface area (TPSA) is 76.3 Å². The number of sulfonamides is 1. The fourth-order valence-electron chi connectivity index (χ4n) is 2.79. The first-order valence-electron chi connectivity index (χ1n) is 6.75. The van der Waals surface area contributed by atoms with Gasteiger partial charge in [-0.25, -0.2) is 12.7 Å². The Bertz CT molecular complexity index is 727. The third kappa shape index (κ3) is 2.84. The number of hydrogen-bond acceptors (Lipinski definition) is 5. The van der Waals surface area contributed by atoms with Crippen LogP contribution in [0.25, 0.3) is 0 Å². The Labute approximate surface area is 123 Å². The van der Waals surface area contributed by atoms with Crippen LogP contribution in [-0.2, 0) is 10.0 Å². The van der Waals surface area contributed by atoms with Crippen molar-refractivity contribution in [2.45, 2.75) is 18.8 Å². The van der Waals surface area contributed by atoms with Crippen LogP contribution in [0.2, 0.25) is 0 Å². The summed E-state index contributed by atoms with van der Waals surface area (Å²) >= 11 is 0. The second-order valence-corrected chi connectivity index (χ2v) is 7.37. The summed E-state index contributed by atoms with van der Waals surface area (Å²) in [7, 11) is -3.23. The van der Waals surface area contributed by atoms with Gasteiger partial charge in [0, 0.05) is 19.0 Å². The van der Waals surface area contributed by atoms with Gasteiger partial charge in [-0.1, -0.05) is 35.5 Å². The lowest BCUT2D eigenvalue weighted by atomic mass is 9.89. The zero-order valence-electron chi connectivity index (χ0n) is 11.9. The first-order valence-corrected chi connectivity index (χ1v) is 8.60. The molecule has 2 aromatic rings. The van der Waals surface area contributed by atoms with Gasteiger partial charge in [-0.15, -0.1) is 0 Å². The summed E-state index contributed by atoms with van der Waals surface area (Å²) in [5.41, 5.74) is 1.09. The fourth-order valence-corrected chi connectivity index (χ4v) is 3.65. The second-order valence-electron chi connectivity index (χ2n) is 5.38. The van der Waals surface area contributed by atoms with Crippen molar-refractivity contribution in [1.29, 1.82) is 0 Å². The lowest BCUT2D eigenvalue weighted by Crippen LogP contribution is -2.27. The molecule has 1 fully saturated rings. The van der Waals surface area contributed by atoms with E-state index in [0.717, 1.165) is 5.56 Å². The maximum Gasteiger partial charge on any atom is 0.231 e. The predicted molar refractivity (Wildman–Crippen MR) is 77.4 cm³/mol. The van der Waals surface area contributed by atoms with E-state index in [1.807, 2.05) is 30.3 Å². The van der Waals surface area contributed by atoms with Crippen molar-refractivity contribution in [1.82, 2.24) is 14.4 Å². The van der Waals surface area contributed by atoms with E-state index in [1.165, 1.54) is 10.6 Å². The number of rotatable bonds is 3. The molecule has 0 N–H and O–H groups in total. The second kappa shape index (κ2) is 5.23. The van der Waals surface area contributed by atoms with Gasteiger partial charge in [0.1, 0.15) is 0 Å². The van der Waals surface area contributed by atoms with E-state index in [2.05, 4.69) is 10.1 Å². The van der Waals surface area contributed by atoms with Crippen molar-refractivity contribution in [3.8, 4) is 0 Å². The summed E-state index contributed by atoms with van der Waals surface area (Å²) in [6.45, 7) is 2.57. The van der Waals surface area contributed by atoms with E-state index in [1.54, 1.807) is 6.92 Å². The Morgan fingerprint density at radius 1 is 1.19 bits per heavy atom. The van der Waals surface area contributed by atoms with Gasteiger partial charge in [0.15, 0.2) is 5.82 Å². The van der Waals surface area contributed by atoms with E-state index >= 15 is 0 Å². The minimum absolute atomic E-state index is 0.0285. The molecule has 1 aliphatic heterocycles. The Morgan fingerprint density at radius 3 is 2.43 bits per heavy atom. The van der Waals surface area contributed by atoms with Gasteiger partial charge in [0.25, 0.3) is 0 Å². The van der Waals surface area contributed by atoms with Gasteiger partial charge in [0.05, 0.1) is 12.2 Å². The van der Waals surface area contributed by atoms with E-state index in [9.17, 15) is 8.42 Å². The van der Waals surface area contributed by atoms with E-state index in [4.69, 9.17) is 4.52 Å². The third-order valence-electron chi connectivity index (χ3n) is 3.84. The Hall–Kier alpha value is -1.73. The van der Waals surface area contributed by atoms with Crippen molar-refractivity contribution < 1.29 is 12.9 Å². The summed E-state index contributed by atoms with van der Waals surface area (Å²) in [5, 5.41) is 3.82. The molecular weight excluding hydrogens is 290 g/mol. The molecule has 2 atom stereocenters. The highest BCUT2D eigenvalue weighted by Crippen LogP contribution is 2.39. The molecule has 0 bridgehead atoms. The normalized spacial score (nSPS) is 23.5. The predicted octanol–water partition coefficient (Wildman–Crippen LogP) is 1.52. The van der Waals surface area contributed by atoms with Crippen LogP contribution in [0, 0.1) is 6.92 Å². The van der Waals surface area contributed by atoms with Gasteiger partial charge < -0.3 is 4.52 Å². The van der Waals surface area contributed by atoms with Gasteiger partial charge >= 0.3 is 0 Å². The van der Waals surface area contributed by atoms with Crippen molar-refractivity contribution in [2.75, 3.05) is 19.3 Å². The molecule has 0 radical (unpaired) electrons. The SMILES string of the molecule is Cc1noc([C@@H]2CN(S(C)(=O)=O)C[C@@H]2c2ccccc2)n1. The maximum atomic E-state index is 11.9. The van der Waals surface area contributed by atoms with Crippen LogP contribution in [0.4, 0.5) is 0 Å². The standard InChI is InChI=1S/C14H17N3O3S/c1-10-15-14(20-16-10)13-9-17(21(2,18)19)8-12(13)11-6-4-3-5-7-11/h3-7,12-13H,8-9H2,1-2H3/t12-,13-/m1/s1. The minimum Gasteiger partial charge on any atom is -0.339 e. The van der Waals surface area contributed by atoms with Crippen LogP contribution in [0.3, 0.4) is 0 Å². The largest absolute Gasteiger partial charge is 0.339 e. The molecule has 0 spiro atoms. The van der Waals surface area contributed by atoms with Gasteiger partial charge in [-0.2, -0.15) is 4.98 Å². The van der Waals surface area contributed by atoms with Gasteiger partial charge in [-0.05, 0) is 12.5 Å². The number of nitrogens with zero attached hydrogens (tertiary/aromatic N) is 3. The molecule has 1 saturated heterocycles. The quantitative estimate of drug-likeness (QED) is 0.859. The zero-order valence-corrected chi connectivity index (χ0v) is 12.7. The average molecular weight is 307 g/mol. The first-order chi connectivity index (χ1) is 9.95. The van der Waals surface area contributed by atoms with Crippen LogP contribution in [-0.4, -0.2) is 42.2 Å². The van der Waals surface area contributed by atoms with Crippen LogP contribution in [0.15, 0.2) is 34.9 Å². The van der Waals surface area contributed by atoms with Gasteiger partial charge in [0.2, 0.25) is 15.9 Å². The highest BCUT2D eigenvalue weighted by atomic mass is 32.2. The Balaban J connectivity index is 1.98. The van der Waals surface area contributed by atoms with Crippen molar-refractivity contribution in [3.05, 3.63) is 47.6 Å². The molecule has 3 rings (SSSR count). The molecule has 1 aliphatic rings. The maximum absolute atomic E-state index is 11.9. The molecule has 21 heavy (non-hydrogen) atoms. The summed E-state index contributed by atoms with van der Waals surface area (Å²) in [6.07, 6.45) is 1.23. The smallest absolute Gasteiger partial charge is 0.231 e. The average Bonchev–Trinajstić information content (AvgIpc) is 3.05. The summed E-state index contributed by atoms with van der Waals surface area (Å²) in [4.78, 5) is 4.29. The first kappa shape index (κ1) is 14.2. The van der Waals surface area contributed by atoms with Crippen molar-refractivity contribution in [3.63, 3.8) is 0 Å². The third-order valence-corrected chi connectivity index (χ3v) is 5.08. The molecule has 0 aliphatic carbocycles. The molecule has 0 amide bonds. The van der Waals surface area contributed by atoms with E-state index in [0.29, 0.717) is 24.8 Å². The van der Waals surface area contributed by atoms with E-state index in [-0.39, 0.29) is 11.8 Å². The molecule has 112 valence electrons. The van der Waals surface area contributed by atoms with Gasteiger partial charge in [-0.3, -0.25) is 0 Å². The number of hydrogen-bond donors (Lipinski definition) is 0. The van der Waals surface area contributed by atoms with Crippen LogP contribution < -0.4 is 0 Å². The monoisotopic (exact) mass is 307 g/mol. The van der Waals surface area contributed by atoms with Crippen LogP contribution in [0.1, 0.15) is 29.1 Å². The molecule has 1 aromatic heterocycles. The molecule has 0 saturated carbocycles. The van der Waals surface area contributed by atoms with E-state index < -0.39 is 10.0 Å². The lowest BCUT2D eigenvalue weighted by molar-refractivity contribution is 0.345. The van der Waals surface area contributed by atoms with Crippen molar-refractivity contribution >= 4 is 10.0 Å². The molecule has 1 aromatic carbocycles. The Morgan fingerprint density at radius 2 is 1.86 bits per heavy atom. The highest BCUT2D eigenvalue weighted by Gasteiger charge is 2.41. The summed E-state index contributed by atoms with van der Waals surface area (Å²) in [6, 6.07) is 9.86. The number of benzene rings is 1. The summed E-state index contributed by atoms with van der Waals surface area (Å²) in [5.74, 6) is 0.992. The highest BCUT2D eigenvalue weighted by molar-refractivity contribution is 7.88. The van der Waals surface area contributed by atoms with Crippen LogP contribution >= 0.6 is 0 Å². The Kier molecular flexibility index (Phi) is 3.54. The molecule has 0 unspecified atom stereocenters. The number of aryl methyl sites for hydroxylation is 1. The lowest BCUT2D eigenvalue weighted by Gasteiger charge is -2.15. The molecule has 7 heteroatoms. The molecule has 6 nitrogen and oxygen atoms in total. The zero-order chi connectivity index (χ0) is 15.0. The molecule has 2 heterocycles. The minimum atomic E-state index is -3.23. The summed E-state index contributed by atoms with van der Waals surface area (Å²) < 4.78 is 30.5. The van der Waals surface area contributed by atoms with Crippen LogP contribution in [0.5, 0.6) is 0 Å². The molecular formula is C14H17N3O3S. The number of aromatic nitrogens is 2.